The molecule has 3 rings (SSSR count). The summed E-state index contributed by atoms with van der Waals surface area (Å²) in [5.74, 6) is 0.137. The highest BCUT2D eigenvalue weighted by Gasteiger charge is 2.20. The topological polar surface area (TPSA) is 80.8 Å². The number of hydrogen-bond donors (Lipinski definition) is 1. The largest absolute Gasteiger partial charge is 0.497 e. The molecule has 1 aliphatic rings. The third kappa shape index (κ3) is 4.13. The summed E-state index contributed by atoms with van der Waals surface area (Å²) in [6.45, 7) is 2.10. The molecule has 2 heterocycles. The molecule has 0 radical (unpaired) electrons. The Kier molecular flexibility index (Phi) is 5.25. The van der Waals surface area contributed by atoms with Gasteiger partial charge in [0.2, 0.25) is 0 Å². The van der Waals surface area contributed by atoms with E-state index in [0.29, 0.717) is 37.7 Å². The van der Waals surface area contributed by atoms with Crippen LogP contribution in [0.15, 0.2) is 42.5 Å². The van der Waals surface area contributed by atoms with E-state index < -0.39 is 0 Å². The van der Waals surface area contributed by atoms with Crippen LogP contribution in [0.3, 0.4) is 0 Å². The molecule has 0 aliphatic carbocycles. The number of methoxy groups -OCH3 is 1. The molecule has 0 atom stereocenters. The van der Waals surface area contributed by atoms with Crippen LogP contribution in [0.4, 0.5) is 5.69 Å². The maximum Gasteiger partial charge on any atom is 0.274 e. The van der Waals surface area contributed by atoms with Gasteiger partial charge in [-0.25, -0.2) is 4.98 Å². The van der Waals surface area contributed by atoms with Crippen LogP contribution in [0.25, 0.3) is 0 Å². The number of pyridine rings is 1. The maximum atomic E-state index is 12.5. The van der Waals surface area contributed by atoms with Crippen LogP contribution in [0, 0.1) is 0 Å². The van der Waals surface area contributed by atoms with E-state index in [4.69, 9.17) is 9.47 Å². The van der Waals surface area contributed by atoms with Crippen LogP contribution in [-0.2, 0) is 4.74 Å². The molecule has 7 heteroatoms. The molecule has 25 heavy (non-hydrogen) atoms. The molecular weight excluding hydrogens is 322 g/mol. The molecule has 7 nitrogen and oxygen atoms in total. The molecule has 0 spiro atoms. The van der Waals surface area contributed by atoms with E-state index in [1.54, 1.807) is 54.5 Å². The van der Waals surface area contributed by atoms with Crippen LogP contribution >= 0.6 is 0 Å². The maximum absolute atomic E-state index is 12.5. The van der Waals surface area contributed by atoms with Gasteiger partial charge in [0.05, 0.1) is 20.3 Å². The van der Waals surface area contributed by atoms with E-state index >= 15 is 0 Å². The molecule has 1 aliphatic heterocycles. The first kappa shape index (κ1) is 16.9. The van der Waals surface area contributed by atoms with Gasteiger partial charge in [-0.05, 0) is 36.4 Å². The summed E-state index contributed by atoms with van der Waals surface area (Å²) >= 11 is 0. The fourth-order valence-corrected chi connectivity index (χ4v) is 2.48. The predicted molar refractivity (Wildman–Crippen MR) is 91.9 cm³/mol. The first-order valence-corrected chi connectivity index (χ1v) is 7.97. The van der Waals surface area contributed by atoms with Crippen molar-refractivity contribution in [3.8, 4) is 5.75 Å². The zero-order valence-corrected chi connectivity index (χ0v) is 13.9. The van der Waals surface area contributed by atoms with Crippen LogP contribution in [0.1, 0.15) is 21.0 Å². The normalized spacial score (nSPS) is 14.0. The van der Waals surface area contributed by atoms with Gasteiger partial charge in [-0.1, -0.05) is 6.07 Å². The summed E-state index contributed by atoms with van der Waals surface area (Å²) in [6, 6.07) is 11.8. The molecule has 2 amide bonds. The lowest BCUT2D eigenvalue weighted by atomic mass is 10.2. The third-order valence-electron chi connectivity index (χ3n) is 3.85. The van der Waals surface area contributed by atoms with E-state index in [-0.39, 0.29) is 23.2 Å². The fraction of sp³-hybridized carbons (Fsp3) is 0.278. The summed E-state index contributed by atoms with van der Waals surface area (Å²) in [5, 5.41) is 2.75. The minimum absolute atomic E-state index is 0.190. The Morgan fingerprint density at radius 2 is 1.76 bits per heavy atom. The average molecular weight is 341 g/mol. The van der Waals surface area contributed by atoms with E-state index in [1.807, 2.05) is 0 Å². The van der Waals surface area contributed by atoms with Crippen molar-refractivity contribution >= 4 is 17.5 Å². The number of amides is 2. The Labute approximate surface area is 145 Å². The van der Waals surface area contributed by atoms with Crippen molar-refractivity contribution in [2.75, 3.05) is 38.7 Å². The van der Waals surface area contributed by atoms with Gasteiger partial charge in [-0.2, -0.15) is 0 Å². The van der Waals surface area contributed by atoms with Gasteiger partial charge in [-0.15, -0.1) is 0 Å². The summed E-state index contributed by atoms with van der Waals surface area (Å²) in [7, 11) is 1.58. The highest BCUT2D eigenvalue weighted by molar-refractivity contribution is 6.03. The number of nitrogens with one attached hydrogen (secondary N) is 1. The van der Waals surface area contributed by atoms with Crippen molar-refractivity contribution in [2.24, 2.45) is 0 Å². The van der Waals surface area contributed by atoms with Crippen molar-refractivity contribution in [2.45, 2.75) is 0 Å². The summed E-state index contributed by atoms with van der Waals surface area (Å²) in [5.41, 5.74) is 1.07. The molecule has 0 bridgehead atoms. The van der Waals surface area contributed by atoms with Crippen LogP contribution in [0.2, 0.25) is 0 Å². The number of carbonyl (C=O) groups is 2. The standard InChI is InChI=1S/C18H19N3O4/c1-24-14-7-5-13(6-8-14)19-17(22)15-3-2-4-16(20-15)18(23)21-9-11-25-12-10-21/h2-8H,9-12H2,1H3,(H,19,22). The Morgan fingerprint density at radius 1 is 1.08 bits per heavy atom. The van der Waals surface area contributed by atoms with Gasteiger partial charge >= 0.3 is 0 Å². The number of rotatable bonds is 4. The van der Waals surface area contributed by atoms with Crippen LogP contribution < -0.4 is 10.1 Å². The third-order valence-corrected chi connectivity index (χ3v) is 3.85. The zero-order valence-electron chi connectivity index (χ0n) is 13.9. The lowest BCUT2D eigenvalue weighted by molar-refractivity contribution is 0.0299. The lowest BCUT2D eigenvalue weighted by Gasteiger charge is -2.26. The first-order chi connectivity index (χ1) is 12.2. The van der Waals surface area contributed by atoms with Crippen LogP contribution in [0.5, 0.6) is 5.75 Å². The van der Waals surface area contributed by atoms with Gasteiger partial charge in [0.15, 0.2) is 0 Å². The molecular formula is C18H19N3O4. The average Bonchev–Trinajstić information content (AvgIpc) is 2.68. The highest BCUT2D eigenvalue weighted by atomic mass is 16.5. The highest BCUT2D eigenvalue weighted by Crippen LogP contribution is 2.16. The van der Waals surface area contributed by atoms with Gasteiger partial charge < -0.3 is 19.7 Å². The minimum atomic E-state index is -0.373. The SMILES string of the molecule is COc1ccc(NC(=O)c2cccc(C(=O)N3CCOCC3)n2)cc1. The second-order valence-electron chi connectivity index (χ2n) is 5.50. The van der Waals surface area contributed by atoms with Crippen LogP contribution in [-0.4, -0.2) is 55.1 Å². The van der Waals surface area contributed by atoms with Crippen molar-refractivity contribution in [3.63, 3.8) is 0 Å². The first-order valence-electron chi connectivity index (χ1n) is 7.97. The van der Waals surface area contributed by atoms with Crippen molar-refractivity contribution < 1.29 is 19.1 Å². The van der Waals surface area contributed by atoms with Gasteiger partial charge in [0, 0.05) is 18.8 Å². The van der Waals surface area contributed by atoms with Crippen molar-refractivity contribution in [3.05, 3.63) is 53.9 Å². The molecule has 0 saturated carbocycles. The number of hydrogen-bond acceptors (Lipinski definition) is 5. The van der Waals surface area contributed by atoms with Gasteiger partial charge in [-0.3, -0.25) is 9.59 Å². The molecule has 2 aromatic rings. The van der Waals surface area contributed by atoms with Gasteiger partial charge in [0.25, 0.3) is 11.8 Å². The Hall–Kier alpha value is -2.93. The number of anilines is 1. The summed E-state index contributed by atoms with van der Waals surface area (Å²) < 4.78 is 10.3. The van der Waals surface area contributed by atoms with E-state index in [1.165, 1.54) is 0 Å². The summed E-state index contributed by atoms with van der Waals surface area (Å²) in [4.78, 5) is 30.7. The Morgan fingerprint density at radius 3 is 2.44 bits per heavy atom. The Balaban J connectivity index is 1.71. The molecule has 0 unspecified atom stereocenters. The molecule has 130 valence electrons. The molecule has 1 aromatic heterocycles. The van der Waals surface area contributed by atoms with Crippen molar-refractivity contribution in [1.29, 1.82) is 0 Å². The van der Waals surface area contributed by atoms with Gasteiger partial charge in [0.1, 0.15) is 17.1 Å². The molecule has 1 N–H and O–H groups in total. The quantitative estimate of drug-likeness (QED) is 0.917. The summed E-state index contributed by atoms with van der Waals surface area (Å²) in [6.07, 6.45) is 0. The number of benzene rings is 1. The molecule has 1 aromatic carbocycles. The monoisotopic (exact) mass is 341 g/mol. The fourth-order valence-electron chi connectivity index (χ4n) is 2.48. The van der Waals surface area contributed by atoms with E-state index in [0.717, 1.165) is 0 Å². The second kappa shape index (κ2) is 7.76. The predicted octanol–water partition coefficient (Wildman–Crippen LogP) is 1.81. The van der Waals surface area contributed by atoms with Crippen molar-refractivity contribution in [1.82, 2.24) is 9.88 Å². The molecule has 1 fully saturated rings. The zero-order chi connectivity index (χ0) is 17.6. The number of nitrogens with zero attached hydrogens (tertiary/aromatic N) is 2. The minimum Gasteiger partial charge on any atom is -0.497 e. The number of carbonyl (C=O) groups excluding carboxylic acids is 2. The van der Waals surface area contributed by atoms with E-state index in [2.05, 4.69) is 10.3 Å². The smallest absolute Gasteiger partial charge is 0.274 e. The number of aromatic nitrogens is 1. The lowest BCUT2D eigenvalue weighted by Crippen LogP contribution is -2.41. The second-order valence-corrected chi connectivity index (χ2v) is 5.50. The Bertz CT molecular complexity index is 755. The van der Waals surface area contributed by atoms with E-state index in [9.17, 15) is 9.59 Å². The number of morpholine rings is 1. The number of ether oxygens (including phenoxy) is 2. The molecule has 1 saturated heterocycles.